The van der Waals surface area contributed by atoms with Gasteiger partial charge in [0.15, 0.2) is 0 Å². The van der Waals surface area contributed by atoms with E-state index in [0.29, 0.717) is 10.6 Å². The first-order valence-electron chi connectivity index (χ1n) is 4.78. The van der Waals surface area contributed by atoms with Gasteiger partial charge in [-0.05, 0) is 24.6 Å². The van der Waals surface area contributed by atoms with Crippen LogP contribution in [0, 0.1) is 11.3 Å². The van der Waals surface area contributed by atoms with Crippen molar-refractivity contribution in [3.63, 3.8) is 0 Å². The first kappa shape index (κ1) is 11.8. The van der Waals surface area contributed by atoms with Crippen LogP contribution in [0.25, 0.3) is 0 Å². The monoisotopic (exact) mass is 224 g/mol. The van der Waals surface area contributed by atoms with Crippen molar-refractivity contribution in [2.24, 2.45) is 0 Å². The predicted molar refractivity (Wildman–Crippen MR) is 61.0 cm³/mol. The second-order valence-electron chi connectivity index (χ2n) is 3.24. The van der Waals surface area contributed by atoms with Gasteiger partial charge >= 0.3 is 0 Å². The average Bonchev–Trinajstić information content (AvgIpc) is 2.27. The summed E-state index contributed by atoms with van der Waals surface area (Å²) in [6, 6.07) is 7.06. The zero-order valence-corrected chi connectivity index (χ0v) is 9.25. The van der Waals surface area contributed by atoms with Crippen LogP contribution in [-0.4, -0.2) is 17.8 Å². The van der Waals surface area contributed by atoms with E-state index in [9.17, 15) is 0 Å². The standard InChI is InChI=1S/C11H13ClN2O/c1-2-9(7-15)14-11-4-3-8(6-13)5-10(11)12/h3-5,9,14-15H,2,7H2,1H3. The Kier molecular flexibility index (Phi) is 4.41. The molecule has 2 N–H and O–H groups in total. The number of nitrogens with one attached hydrogen (secondary N) is 1. The van der Waals surface area contributed by atoms with Crippen LogP contribution in [0.15, 0.2) is 18.2 Å². The fourth-order valence-corrected chi connectivity index (χ4v) is 1.43. The maximum absolute atomic E-state index is 9.02. The van der Waals surface area contributed by atoms with E-state index < -0.39 is 0 Å². The lowest BCUT2D eigenvalue weighted by molar-refractivity contribution is 0.272. The summed E-state index contributed by atoms with van der Waals surface area (Å²) in [5.41, 5.74) is 1.28. The molecule has 0 bridgehead atoms. The summed E-state index contributed by atoms with van der Waals surface area (Å²) in [7, 11) is 0. The predicted octanol–water partition coefficient (Wildman–Crippen LogP) is 2.39. The quantitative estimate of drug-likeness (QED) is 0.826. The summed E-state index contributed by atoms with van der Waals surface area (Å²) in [5, 5.41) is 21.3. The normalized spacial score (nSPS) is 11.9. The highest BCUT2D eigenvalue weighted by molar-refractivity contribution is 6.33. The van der Waals surface area contributed by atoms with Crippen molar-refractivity contribution in [3.05, 3.63) is 28.8 Å². The lowest BCUT2D eigenvalue weighted by Gasteiger charge is -2.16. The zero-order valence-electron chi connectivity index (χ0n) is 8.50. The van der Waals surface area contributed by atoms with Crippen LogP contribution in [-0.2, 0) is 0 Å². The number of rotatable bonds is 4. The highest BCUT2D eigenvalue weighted by Gasteiger charge is 2.07. The fraction of sp³-hybridized carbons (Fsp3) is 0.364. The highest BCUT2D eigenvalue weighted by Crippen LogP contribution is 2.23. The summed E-state index contributed by atoms with van der Waals surface area (Å²) < 4.78 is 0. The number of hydrogen-bond acceptors (Lipinski definition) is 3. The molecular weight excluding hydrogens is 212 g/mol. The first-order valence-corrected chi connectivity index (χ1v) is 5.16. The Morgan fingerprint density at radius 3 is 2.80 bits per heavy atom. The number of halogens is 1. The van der Waals surface area contributed by atoms with Crippen molar-refractivity contribution < 1.29 is 5.11 Å². The van der Waals surface area contributed by atoms with E-state index in [1.807, 2.05) is 13.0 Å². The van der Waals surface area contributed by atoms with E-state index in [0.717, 1.165) is 12.1 Å². The molecule has 0 saturated heterocycles. The van der Waals surface area contributed by atoms with Crippen LogP contribution >= 0.6 is 11.6 Å². The average molecular weight is 225 g/mol. The van der Waals surface area contributed by atoms with E-state index in [4.69, 9.17) is 22.0 Å². The molecule has 0 spiro atoms. The lowest BCUT2D eigenvalue weighted by Crippen LogP contribution is -2.22. The van der Waals surface area contributed by atoms with E-state index in [1.165, 1.54) is 0 Å². The summed E-state index contributed by atoms with van der Waals surface area (Å²) in [5.74, 6) is 0. The van der Waals surface area contributed by atoms with Crippen molar-refractivity contribution in [2.75, 3.05) is 11.9 Å². The number of aliphatic hydroxyl groups excluding tert-OH is 1. The zero-order chi connectivity index (χ0) is 11.3. The van der Waals surface area contributed by atoms with Gasteiger partial charge in [0.1, 0.15) is 0 Å². The second-order valence-corrected chi connectivity index (χ2v) is 3.65. The van der Waals surface area contributed by atoms with Crippen LogP contribution in [0.4, 0.5) is 5.69 Å². The smallest absolute Gasteiger partial charge is 0.0992 e. The molecule has 0 amide bonds. The van der Waals surface area contributed by atoms with Gasteiger partial charge in [-0.2, -0.15) is 5.26 Å². The van der Waals surface area contributed by atoms with Crippen LogP contribution in [0.5, 0.6) is 0 Å². The fourth-order valence-electron chi connectivity index (χ4n) is 1.20. The Bertz CT molecular complexity index is 369. The SMILES string of the molecule is CCC(CO)Nc1ccc(C#N)cc1Cl. The minimum atomic E-state index is -0.00423. The van der Waals surface area contributed by atoms with Gasteiger partial charge in [-0.25, -0.2) is 0 Å². The maximum Gasteiger partial charge on any atom is 0.0992 e. The van der Waals surface area contributed by atoms with E-state index in [-0.39, 0.29) is 12.6 Å². The molecule has 4 heteroatoms. The molecule has 1 atom stereocenters. The Labute approximate surface area is 94.3 Å². The summed E-state index contributed by atoms with van der Waals surface area (Å²) in [6.07, 6.45) is 0.812. The van der Waals surface area contributed by atoms with Crippen molar-refractivity contribution in [3.8, 4) is 6.07 Å². The van der Waals surface area contributed by atoms with Crippen molar-refractivity contribution in [1.29, 1.82) is 5.26 Å². The Morgan fingerprint density at radius 1 is 1.60 bits per heavy atom. The Balaban J connectivity index is 2.83. The molecule has 0 aromatic heterocycles. The van der Waals surface area contributed by atoms with Crippen LogP contribution < -0.4 is 5.32 Å². The molecule has 3 nitrogen and oxygen atoms in total. The van der Waals surface area contributed by atoms with Crippen LogP contribution in [0.2, 0.25) is 5.02 Å². The van der Waals surface area contributed by atoms with E-state index in [2.05, 4.69) is 5.32 Å². The van der Waals surface area contributed by atoms with E-state index >= 15 is 0 Å². The van der Waals surface area contributed by atoms with Gasteiger partial charge in [0, 0.05) is 6.04 Å². The number of benzene rings is 1. The molecule has 1 unspecified atom stereocenters. The van der Waals surface area contributed by atoms with Crippen molar-refractivity contribution in [2.45, 2.75) is 19.4 Å². The minimum absolute atomic E-state index is 0.00423. The van der Waals surface area contributed by atoms with Gasteiger partial charge in [0.2, 0.25) is 0 Å². The number of hydrogen-bond donors (Lipinski definition) is 2. The molecule has 0 radical (unpaired) electrons. The first-order chi connectivity index (χ1) is 7.21. The summed E-state index contributed by atoms with van der Waals surface area (Å²) >= 11 is 5.97. The van der Waals surface area contributed by atoms with Gasteiger partial charge in [-0.15, -0.1) is 0 Å². The molecule has 0 aliphatic rings. The van der Waals surface area contributed by atoms with E-state index in [1.54, 1.807) is 18.2 Å². The van der Waals surface area contributed by atoms with Gasteiger partial charge < -0.3 is 10.4 Å². The maximum atomic E-state index is 9.02. The summed E-state index contributed by atoms with van der Waals surface area (Å²) in [6.45, 7) is 2.04. The number of nitrogens with zero attached hydrogens (tertiary/aromatic N) is 1. The molecule has 15 heavy (non-hydrogen) atoms. The molecule has 80 valence electrons. The molecule has 1 rings (SSSR count). The summed E-state index contributed by atoms with van der Waals surface area (Å²) in [4.78, 5) is 0. The van der Waals surface area contributed by atoms with Crippen molar-refractivity contribution >= 4 is 17.3 Å². The second kappa shape index (κ2) is 5.59. The third kappa shape index (κ3) is 3.12. The van der Waals surface area contributed by atoms with Crippen LogP contribution in [0.1, 0.15) is 18.9 Å². The lowest BCUT2D eigenvalue weighted by atomic mass is 10.2. The topological polar surface area (TPSA) is 56.0 Å². The largest absolute Gasteiger partial charge is 0.394 e. The highest BCUT2D eigenvalue weighted by atomic mass is 35.5. The van der Waals surface area contributed by atoms with Gasteiger partial charge in [0.05, 0.1) is 28.9 Å². The van der Waals surface area contributed by atoms with Gasteiger partial charge in [-0.3, -0.25) is 0 Å². The van der Waals surface area contributed by atoms with Crippen LogP contribution in [0.3, 0.4) is 0 Å². The molecule has 0 fully saturated rings. The Hall–Kier alpha value is -1.24. The van der Waals surface area contributed by atoms with Gasteiger partial charge in [0.25, 0.3) is 0 Å². The van der Waals surface area contributed by atoms with Crippen molar-refractivity contribution in [1.82, 2.24) is 0 Å². The number of anilines is 1. The minimum Gasteiger partial charge on any atom is -0.394 e. The number of nitriles is 1. The molecule has 1 aromatic rings. The molecule has 0 saturated carbocycles. The molecule has 0 aliphatic carbocycles. The Morgan fingerprint density at radius 2 is 2.33 bits per heavy atom. The van der Waals surface area contributed by atoms with Gasteiger partial charge in [-0.1, -0.05) is 18.5 Å². The molecule has 1 aromatic carbocycles. The molecular formula is C11H13ClN2O. The third-order valence-corrected chi connectivity index (χ3v) is 2.48. The molecule has 0 aliphatic heterocycles. The third-order valence-electron chi connectivity index (χ3n) is 2.17. The molecule has 0 heterocycles. The number of aliphatic hydroxyl groups is 1.